The number of halogens is 1. The molecule has 0 aliphatic carbocycles. The summed E-state index contributed by atoms with van der Waals surface area (Å²) in [7, 11) is 0. The molecule has 7 nitrogen and oxygen atoms in total. The minimum atomic E-state index is -2.26. The first-order valence-corrected chi connectivity index (χ1v) is 8.56. The fourth-order valence-electron chi connectivity index (χ4n) is 2.41. The van der Waals surface area contributed by atoms with Crippen molar-refractivity contribution >= 4 is 29.6 Å². The molecule has 0 spiro atoms. The molecule has 136 valence electrons. The van der Waals surface area contributed by atoms with Crippen LogP contribution in [-0.2, 0) is 22.4 Å². The van der Waals surface area contributed by atoms with Crippen molar-refractivity contribution in [2.75, 3.05) is 45.9 Å². The second kappa shape index (κ2) is 10.8. The summed E-state index contributed by atoms with van der Waals surface area (Å²) < 4.78 is 29.4. The lowest BCUT2D eigenvalue weighted by molar-refractivity contribution is 0.0363. The zero-order chi connectivity index (χ0) is 16.7. The van der Waals surface area contributed by atoms with Crippen molar-refractivity contribution < 1.29 is 23.4 Å². The van der Waals surface area contributed by atoms with E-state index in [-0.39, 0.29) is 18.0 Å². The van der Waals surface area contributed by atoms with Crippen LogP contribution in [0.5, 0.6) is 0 Å². The Hall–Kier alpha value is -1.03. The zero-order valence-corrected chi connectivity index (χ0v) is 14.9. The predicted octanol–water partition coefficient (Wildman–Crippen LogP) is 0.777. The number of carboxylic acids is 1. The van der Waals surface area contributed by atoms with Crippen LogP contribution in [0.1, 0.15) is 15.9 Å². The second-order valence-corrected chi connectivity index (χ2v) is 6.30. The number of nitrogens with zero attached hydrogens (tertiary/aromatic N) is 2. The van der Waals surface area contributed by atoms with Gasteiger partial charge in [-0.2, -0.15) is 0 Å². The van der Waals surface area contributed by atoms with E-state index < -0.39 is 17.2 Å². The van der Waals surface area contributed by atoms with Crippen molar-refractivity contribution in [1.29, 1.82) is 0 Å². The van der Waals surface area contributed by atoms with Gasteiger partial charge in [-0.3, -0.25) is 9.11 Å². The molecule has 1 fully saturated rings. The Bertz CT molecular complexity index is 537. The van der Waals surface area contributed by atoms with E-state index in [4.69, 9.17) is 9.84 Å². The number of hydrogen-bond donors (Lipinski definition) is 1. The van der Waals surface area contributed by atoms with E-state index in [0.717, 1.165) is 18.7 Å². The molecule has 2 rings (SSSR count). The standard InChI is InChI=1S/C15H22N2O5S.ClH/c18-15(19)14-3-1-13(2-4-14)5-6-17(23(20)21)8-7-16-9-11-22-12-10-16;/h1-4H,5-12H2,(H,18,19)(H,20,21);1H/p-1. The molecule has 1 aromatic carbocycles. The predicted molar refractivity (Wildman–Crippen MR) is 92.1 cm³/mol. The third-order valence-corrected chi connectivity index (χ3v) is 4.62. The molecule has 9 heteroatoms. The molecule has 24 heavy (non-hydrogen) atoms. The lowest BCUT2D eigenvalue weighted by Crippen LogP contribution is -2.42. The number of carbonyl (C=O) groups is 1. The van der Waals surface area contributed by atoms with Crippen molar-refractivity contribution in [3.05, 3.63) is 35.4 Å². The first kappa shape index (κ1) is 21.0. The highest BCUT2D eigenvalue weighted by Gasteiger charge is 2.13. The van der Waals surface area contributed by atoms with Gasteiger partial charge in [-0.1, -0.05) is 12.1 Å². The average molecular weight is 378 g/mol. The maximum atomic E-state index is 11.3. The van der Waals surface area contributed by atoms with Gasteiger partial charge < -0.3 is 14.4 Å². The van der Waals surface area contributed by atoms with Crippen molar-refractivity contribution in [2.45, 2.75) is 6.42 Å². The molecule has 1 aliphatic heterocycles. The molecule has 0 saturated carbocycles. The Kier molecular flexibility index (Phi) is 9.42. The molecule has 1 atom stereocenters. The Labute approximate surface area is 150 Å². The van der Waals surface area contributed by atoms with Gasteiger partial charge in [-0.05, 0) is 24.1 Å². The topological polar surface area (TPSA) is 93.1 Å². The van der Waals surface area contributed by atoms with Crippen molar-refractivity contribution in [2.24, 2.45) is 0 Å². The fourth-order valence-corrected chi connectivity index (χ4v) is 2.88. The maximum absolute atomic E-state index is 11.3. The summed E-state index contributed by atoms with van der Waals surface area (Å²) >= 11 is -2.26. The maximum Gasteiger partial charge on any atom is 0.335 e. The van der Waals surface area contributed by atoms with E-state index in [1.807, 2.05) is 0 Å². The highest BCUT2D eigenvalue weighted by Crippen LogP contribution is 2.07. The summed E-state index contributed by atoms with van der Waals surface area (Å²) in [6.45, 7) is 4.56. The summed E-state index contributed by atoms with van der Waals surface area (Å²) in [4.78, 5) is 13.0. The zero-order valence-electron chi connectivity index (χ0n) is 13.3. The van der Waals surface area contributed by atoms with Crippen LogP contribution >= 0.6 is 12.4 Å². The Morgan fingerprint density at radius 3 is 2.42 bits per heavy atom. The van der Waals surface area contributed by atoms with Crippen LogP contribution in [0.4, 0.5) is 0 Å². The Balaban J connectivity index is 0.00000288. The summed E-state index contributed by atoms with van der Waals surface area (Å²) in [5.74, 6) is -0.968. The number of aromatic carboxylic acids is 1. The van der Waals surface area contributed by atoms with Gasteiger partial charge in [0.25, 0.3) is 0 Å². The van der Waals surface area contributed by atoms with Gasteiger partial charge in [0.15, 0.2) is 0 Å². The van der Waals surface area contributed by atoms with Crippen molar-refractivity contribution in [1.82, 2.24) is 9.21 Å². The van der Waals surface area contributed by atoms with Crippen LogP contribution in [-0.4, -0.2) is 75.0 Å². The van der Waals surface area contributed by atoms with Gasteiger partial charge in [-0.25, -0.2) is 9.10 Å². The minimum absolute atomic E-state index is 0. The van der Waals surface area contributed by atoms with E-state index in [1.165, 1.54) is 16.4 Å². The fraction of sp³-hybridized carbons (Fsp3) is 0.533. The Morgan fingerprint density at radius 2 is 1.88 bits per heavy atom. The molecule has 0 aromatic heterocycles. The molecule has 1 aromatic rings. The average Bonchev–Trinajstić information content (AvgIpc) is 2.56. The van der Waals surface area contributed by atoms with Crippen molar-refractivity contribution in [3.63, 3.8) is 0 Å². The van der Waals surface area contributed by atoms with Gasteiger partial charge in [0.1, 0.15) is 0 Å². The SMILES string of the molecule is Cl.O=C(O)c1ccc(CCN(CCN2CCOCC2)S(=O)[O-])cc1. The summed E-state index contributed by atoms with van der Waals surface area (Å²) in [5.41, 5.74) is 1.14. The smallest absolute Gasteiger partial charge is 0.335 e. The first-order chi connectivity index (χ1) is 11.1. The molecular formula is C15H22ClN2O5S-. The molecule has 1 aliphatic rings. The van der Waals surface area contributed by atoms with E-state index in [1.54, 1.807) is 12.1 Å². The van der Waals surface area contributed by atoms with Gasteiger partial charge in [0, 0.05) is 44.0 Å². The highest BCUT2D eigenvalue weighted by molar-refractivity contribution is 7.76. The third-order valence-electron chi connectivity index (χ3n) is 3.83. The highest BCUT2D eigenvalue weighted by atomic mass is 35.5. The summed E-state index contributed by atoms with van der Waals surface area (Å²) in [6.07, 6.45) is 0.553. The number of benzene rings is 1. The van der Waals surface area contributed by atoms with Gasteiger partial charge in [-0.15, -0.1) is 12.4 Å². The molecular weight excluding hydrogens is 356 g/mol. The number of carboxylic acid groups (broad SMARTS) is 1. The van der Waals surface area contributed by atoms with Gasteiger partial charge in [0.2, 0.25) is 0 Å². The summed E-state index contributed by atoms with van der Waals surface area (Å²) in [6, 6.07) is 6.50. The molecule has 0 radical (unpaired) electrons. The number of hydrogen-bond acceptors (Lipinski definition) is 5. The van der Waals surface area contributed by atoms with Crippen LogP contribution < -0.4 is 0 Å². The number of ether oxygens (including phenoxy) is 1. The molecule has 1 heterocycles. The molecule has 1 unspecified atom stereocenters. The quantitative estimate of drug-likeness (QED) is 0.673. The van der Waals surface area contributed by atoms with Crippen LogP contribution in [0, 0.1) is 0 Å². The van der Waals surface area contributed by atoms with E-state index in [0.29, 0.717) is 39.3 Å². The minimum Gasteiger partial charge on any atom is -0.760 e. The second-order valence-electron chi connectivity index (χ2n) is 5.35. The largest absolute Gasteiger partial charge is 0.760 e. The van der Waals surface area contributed by atoms with Gasteiger partial charge in [0.05, 0.1) is 18.8 Å². The van der Waals surface area contributed by atoms with Crippen LogP contribution in [0.25, 0.3) is 0 Å². The van der Waals surface area contributed by atoms with Crippen LogP contribution in [0.15, 0.2) is 24.3 Å². The molecule has 1 saturated heterocycles. The number of rotatable bonds is 8. The van der Waals surface area contributed by atoms with E-state index in [2.05, 4.69) is 4.90 Å². The lowest BCUT2D eigenvalue weighted by atomic mass is 10.1. The van der Waals surface area contributed by atoms with Crippen LogP contribution in [0.3, 0.4) is 0 Å². The number of morpholine rings is 1. The first-order valence-electron chi connectivity index (χ1n) is 7.53. The van der Waals surface area contributed by atoms with E-state index in [9.17, 15) is 13.6 Å². The third kappa shape index (κ3) is 6.84. The lowest BCUT2D eigenvalue weighted by Gasteiger charge is -2.30. The molecule has 1 N–H and O–H groups in total. The molecule has 0 bridgehead atoms. The summed E-state index contributed by atoms with van der Waals surface area (Å²) in [5, 5.41) is 8.86. The van der Waals surface area contributed by atoms with E-state index >= 15 is 0 Å². The molecule has 0 amide bonds. The van der Waals surface area contributed by atoms with Crippen molar-refractivity contribution in [3.8, 4) is 0 Å². The normalized spacial score (nSPS) is 16.6. The van der Waals surface area contributed by atoms with Crippen LogP contribution in [0.2, 0.25) is 0 Å². The van der Waals surface area contributed by atoms with Gasteiger partial charge >= 0.3 is 5.97 Å². The Morgan fingerprint density at radius 1 is 1.25 bits per heavy atom. The monoisotopic (exact) mass is 377 g/mol.